The highest BCUT2D eigenvalue weighted by Gasteiger charge is 1.75. The van der Waals surface area contributed by atoms with E-state index in [1.807, 2.05) is 0 Å². The molecular formula is C4H8N2O. The van der Waals surface area contributed by atoms with Crippen LogP contribution in [-0.4, -0.2) is 6.03 Å². The van der Waals surface area contributed by atoms with E-state index >= 15 is 0 Å². The first-order valence-corrected chi connectivity index (χ1v) is 1.93. The maximum atomic E-state index is 9.00. The lowest BCUT2D eigenvalue weighted by molar-refractivity contribution is 0.256. The highest BCUT2D eigenvalue weighted by atomic mass is 16.2. The maximum Gasteiger partial charge on any atom is 0.309 e. The van der Waals surface area contributed by atoms with Crippen LogP contribution in [0.25, 0.3) is 0 Å². The molecule has 1 aliphatic carbocycles. The van der Waals surface area contributed by atoms with E-state index in [2.05, 4.69) is 23.6 Å². The molecule has 40 valence electrons. The number of carbonyl (C=O) groups is 1. The summed E-state index contributed by atoms with van der Waals surface area (Å²) in [5, 5.41) is 0. The smallest absolute Gasteiger partial charge is 0.309 e. The molecule has 0 aromatic heterocycles. The van der Waals surface area contributed by atoms with Crippen LogP contribution in [0, 0.1) is 0 Å². The maximum absolute atomic E-state index is 9.00. The van der Waals surface area contributed by atoms with Crippen LogP contribution < -0.4 is 11.5 Å². The van der Waals surface area contributed by atoms with Crippen LogP contribution in [0.4, 0.5) is 4.79 Å². The van der Waals surface area contributed by atoms with E-state index in [0.29, 0.717) is 0 Å². The molecule has 0 heterocycles. The van der Waals surface area contributed by atoms with Crippen molar-refractivity contribution < 1.29 is 4.79 Å². The van der Waals surface area contributed by atoms with Crippen molar-refractivity contribution in [2.24, 2.45) is 11.5 Å². The number of urea groups is 1. The minimum atomic E-state index is -0.833. The number of hydrogen-bond acceptors (Lipinski definition) is 1. The van der Waals surface area contributed by atoms with Gasteiger partial charge in [-0.15, -0.1) is 0 Å². The topological polar surface area (TPSA) is 69.1 Å². The van der Waals surface area contributed by atoms with E-state index in [1.54, 1.807) is 0 Å². The molecule has 0 saturated heterocycles. The van der Waals surface area contributed by atoms with Gasteiger partial charge in [0.1, 0.15) is 0 Å². The number of nitrogens with two attached hydrogens (primary N) is 2. The Morgan fingerprint density at radius 3 is 1.57 bits per heavy atom. The number of allylic oxidation sites excluding steroid dienone is 2. The summed E-state index contributed by atoms with van der Waals surface area (Å²) < 4.78 is 0. The van der Waals surface area contributed by atoms with Crippen molar-refractivity contribution in [1.82, 2.24) is 0 Å². The second-order valence-corrected chi connectivity index (χ2v) is 1.11. The van der Waals surface area contributed by atoms with Crippen LogP contribution in [0.3, 0.4) is 0 Å². The fraction of sp³-hybridized carbons (Fsp3) is 0.250. The molecule has 3 heteroatoms. The first kappa shape index (κ1) is 6.01. The fourth-order valence-electron chi connectivity index (χ4n) is 0. The second kappa shape index (κ2) is 3.21. The highest BCUT2D eigenvalue weighted by molar-refractivity contribution is 5.69. The largest absolute Gasteiger partial charge is 0.352 e. The average molecular weight is 100 g/mol. The normalized spacial score (nSPS) is 11.4. The Labute approximate surface area is 42.0 Å². The summed E-state index contributed by atoms with van der Waals surface area (Å²) in [5.74, 6) is 0. The monoisotopic (exact) mass is 100 g/mol. The number of carbonyl (C=O) groups excluding carboxylic acids is 1. The molecule has 0 spiro atoms. The highest BCUT2D eigenvalue weighted by Crippen LogP contribution is 1.96. The lowest BCUT2D eigenvalue weighted by Gasteiger charge is -1.62. The lowest BCUT2D eigenvalue weighted by atomic mass is 10.9. The van der Waals surface area contributed by atoms with Crippen LogP contribution >= 0.6 is 0 Å². The van der Waals surface area contributed by atoms with Gasteiger partial charge in [-0.25, -0.2) is 4.79 Å². The van der Waals surface area contributed by atoms with Gasteiger partial charge in [-0.2, -0.15) is 0 Å². The number of amides is 2. The summed E-state index contributed by atoms with van der Waals surface area (Å²) >= 11 is 0. The predicted molar refractivity (Wildman–Crippen MR) is 27.5 cm³/mol. The summed E-state index contributed by atoms with van der Waals surface area (Å²) in [5.41, 5.74) is 8.50. The Balaban J connectivity index is 0.000000105. The zero-order chi connectivity index (χ0) is 5.70. The van der Waals surface area contributed by atoms with Gasteiger partial charge in [0.2, 0.25) is 0 Å². The van der Waals surface area contributed by atoms with E-state index in [4.69, 9.17) is 4.79 Å². The molecule has 0 aromatic rings. The molecule has 0 aromatic carbocycles. The molecule has 0 bridgehead atoms. The molecule has 0 radical (unpaired) electrons. The van der Waals surface area contributed by atoms with E-state index in [1.165, 1.54) is 6.42 Å². The molecule has 3 nitrogen and oxygen atoms in total. The third-order valence-corrected chi connectivity index (χ3v) is 0.236. The van der Waals surface area contributed by atoms with Gasteiger partial charge in [0.15, 0.2) is 0 Å². The van der Waals surface area contributed by atoms with Gasteiger partial charge in [0.05, 0.1) is 0 Å². The van der Waals surface area contributed by atoms with Gasteiger partial charge < -0.3 is 11.5 Å². The van der Waals surface area contributed by atoms with Crippen molar-refractivity contribution in [2.75, 3.05) is 0 Å². The number of rotatable bonds is 0. The Morgan fingerprint density at radius 1 is 1.43 bits per heavy atom. The van der Waals surface area contributed by atoms with E-state index in [-0.39, 0.29) is 0 Å². The van der Waals surface area contributed by atoms with Crippen LogP contribution in [0.1, 0.15) is 6.42 Å². The summed E-state index contributed by atoms with van der Waals surface area (Å²) in [4.78, 5) is 9.00. The SMILES string of the molecule is C1=CC1.NC(N)=O. The Kier molecular flexibility index (Phi) is 2.76. The van der Waals surface area contributed by atoms with Gasteiger partial charge >= 0.3 is 6.03 Å². The van der Waals surface area contributed by atoms with Crippen molar-refractivity contribution in [3.05, 3.63) is 12.2 Å². The van der Waals surface area contributed by atoms with Crippen molar-refractivity contribution in [3.63, 3.8) is 0 Å². The average Bonchev–Trinajstić information content (AvgIpc) is 2.02. The van der Waals surface area contributed by atoms with Crippen molar-refractivity contribution in [2.45, 2.75) is 6.42 Å². The summed E-state index contributed by atoms with van der Waals surface area (Å²) in [6.45, 7) is 0. The number of hydrogen-bond donors (Lipinski definition) is 2. The first-order chi connectivity index (χ1) is 3.23. The molecule has 0 saturated carbocycles. The van der Waals surface area contributed by atoms with Crippen molar-refractivity contribution in [3.8, 4) is 0 Å². The van der Waals surface area contributed by atoms with Crippen LogP contribution in [0.2, 0.25) is 0 Å². The molecule has 1 aliphatic rings. The van der Waals surface area contributed by atoms with Crippen LogP contribution in [0.15, 0.2) is 12.2 Å². The van der Waals surface area contributed by atoms with Crippen molar-refractivity contribution in [1.29, 1.82) is 0 Å². The molecule has 7 heavy (non-hydrogen) atoms. The summed E-state index contributed by atoms with van der Waals surface area (Å²) in [6.07, 6.45) is 5.50. The molecular weight excluding hydrogens is 92.1 g/mol. The molecule has 0 fully saturated rings. The summed E-state index contributed by atoms with van der Waals surface area (Å²) in [7, 11) is 0. The van der Waals surface area contributed by atoms with Gasteiger partial charge in [-0.05, 0) is 6.42 Å². The quantitative estimate of drug-likeness (QED) is 0.412. The Morgan fingerprint density at radius 2 is 1.57 bits per heavy atom. The van der Waals surface area contributed by atoms with Gasteiger partial charge in [0.25, 0.3) is 0 Å². The minimum Gasteiger partial charge on any atom is -0.352 e. The zero-order valence-corrected chi connectivity index (χ0v) is 3.92. The Bertz CT molecular complexity index is 79.7. The van der Waals surface area contributed by atoms with Gasteiger partial charge in [0, 0.05) is 0 Å². The van der Waals surface area contributed by atoms with Crippen LogP contribution in [0.5, 0.6) is 0 Å². The third kappa shape index (κ3) is 454000. The fourth-order valence-corrected chi connectivity index (χ4v) is 0. The molecule has 0 atom stereocenters. The minimum absolute atomic E-state index is 0.833. The number of primary amides is 2. The standard InChI is InChI=1S/C3H4.CH4N2O/c1-2-3-1;2-1(3)4/h1-2H,3H2;(H4,2,3,4). The molecule has 2 amide bonds. The lowest BCUT2D eigenvalue weighted by Crippen LogP contribution is -2.18. The molecule has 1 rings (SSSR count). The molecule has 0 aliphatic heterocycles. The summed E-state index contributed by atoms with van der Waals surface area (Å²) in [6, 6.07) is -0.833. The van der Waals surface area contributed by atoms with Crippen molar-refractivity contribution >= 4 is 6.03 Å². The zero-order valence-electron chi connectivity index (χ0n) is 3.92. The molecule has 0 unspecified atom stereocenters. The van der Waals surface area contributed by atoms with Gasteiger partial charge in [-0.1, -0.05) is 12.2 Å². The Hall–Kier alpha value is -0.990. The third-order valence-electron chi connectivity index (χ3n) is 0.236. The van der Waals surface area contributed by atoms with E-state index in [0.717, 1.165) is 0 Å². The van der Waals surface area contributed by atoms with Gasteiger partial charge in [-0.3, -0.25) is 0 Å². The van der Waals surface area contributed by atoms with E-state index in [9.17, 15) is 0 Å². The van der Waals surface area contributed by atoms with Crippen LogP contribution in [-0.2, 0) is 0 Å². The first-order valence-electron chi connectivity index (χ1n) is 1.93. The second-order valence-electron chi connectivity index (χ2n) is 1.11. The molecule has 4 N–H and O–H groups in total. The van der Waals surface area contributed by atoms with E-state index < -0.39 is 6.03 Å². The predicted octanol–water partition coefficient (Wildman–Crippen LogP) is -0.0299.